The Balaban J connectivity index is 1.63. The monoisotopic (exact) mass is 312 g/mol. The highest BCUT2D eigenvalue weighted by atomic mass is 14.9. The van der Waals surface area contributed by atoms with Crippen LogP contribution in [0.1, 0.15) is 23.6 Å². The maximum atomic E-state index is 6.68. The fourth-order valence-electron chi connectivity index (χ4n) is 4.73. The number of pyridine rings is 1. The predicted molar refractivity (Wildman–Crippen MR) is 93.9 cm³/mol. The van der Waals surface area contributed by atoms with Gasteiger partial charge in [-0.2, -0.15) is 0 Å². The van der Waals surface area contributed by atoms with Crippen LogP contribution in [0.25, 0.3) is 28.0 Å². The summed E-state index contributed by atoms with van der Waals surface area (Å²) in [6.45, 7) is 0. The van der Waals surface area contributed by atoms with Crippen LogP contribution in [0.2, 0.25) is 0 Å². The van der Waals surface area contributed by atoms with E-state index in [1.807, 2.05) is 12.3 Å². The molecule has 1 spiro atoms. The Kier molecular flexibility index (Phi) is 2.12. The van der Waals surface area contributed by atoms with E-state index in [1.165, 1.54) is 16.7 Å². The van der Waals surface area contributed by atoms with Gasteiger partial charge in [-0.05, 0) is 35.1 Å². The van der Waals surface area contributed by atoms with E-state index in [4.69, 9.17) is 10.7 Å². The first-order valence-corrected chi connectivity index (χ1v) is 8.37. The second-order valence-corrected chi connectivity index (χ2v) is 7.04. The number of hydrogen-bond donors (Lipinski definition) is 2. The average Bonchev–Trinajstić information content (AvgIpc) is 3.14. The first-order valence-electron chi connectivity index (χ1n) is 8.37. The van der Waals surface area contributed by atoms with Crippen LogP contribution in [0.3, 0.4) is 0 Å². The SMILES string of the molecule is N[C@@H]1c2cccc(-c3nc4ccncc4[nH]3)c2C2=CC=CC3CC231. The highest BCUT2D eigenvalue weighted by Crippen LogP contribution is 2.73. The molecule has 1 saturated carbocycles. The number of rotatable bonds is 1. The number of aromatic nitrogens is 3. The fraction of sp³-hybridized carbons (Fsp3) is 0.200. The van der Waals surface area contributed by atoms with Gasteiger partial charge in [0.05, 0.1) is 17.2 Å². The van der Waals surface area contributed by atoms with Gasteiger partial charge < -0.3 is 10.7 Å². The standard InChI is InChI=1S/C20H16N4/c21-18-12-4-2-5-13(19-23-15-7-8-22-10-16(15)24-19)17(12)14-6-1-3-11-9-20(11,14)18/h1-8,10-11,18H,9,21H2,(H,23,24)/t11?,18-,20?/m1/s1. The summed E-state index contributed by atoms with van der Waals surface area (Å²) < 4.78 is 0. The summed E-state index contributed by atoms with van der Waals surface area (Å²) in [5, 5.41) is 0. The van der Waals surface area contributed by atoms with Crippen molar-refractivity contribution in [3.8, 4) is 11.4 Å². The number of fused-ring (bicyclic) bond motifs is 3. The van der Waals surface area contributed by atoms with Gasteiger partial charge >= 0.3 is 0 Å². The number of imidazole rings is 1. The van der Waals surface area contributed by atoms with E-state index in [9.17, 15) is 0 Å². The number of hydrogen-bond acceptors (Lipinski definition) is 3. The van der Waals surface area contributed by atoms with Gasteiger partial charge in [-0.15, -0.1) is 0 Å². The maximum absolute atomic E-state index is 6.68. The van der Waals surface area contributed by atoms with E-state index in [0.717, 1.165) is 28.8 Å². The van der Waals surface area contributed by atoms with Crippen molar-refractivity contribution in [2.75, 3.05) is 0 Å². The summed E-state index contributed by atoms with van der Waals surface area (Å²) in [5.74, 6) is 1.49. The van der Waals surface area contributed by atoms with Gasteiger partial charge in [-0.3, -0.25) is 4.98 Å². The van der Waals surface area contributed by atoms with E-state index in [1.54, 1.807) is 6.20 Å². The lowest BCUT2D eigenvalue weighted by Crippen LogP contribution is -2.19. The van der Waals surface area contributed by atoms with Crippen molar-refractivity contribution in [1.82, 2.24) is 15.0 Å². The number of benzene rings is 1. The van der Waals surface area contributed by atoms with Crippen molar-refractivity contribution in [2.45, 2.75) is 12.5 Å². The van der Waals surface area contributed by atoms with E-state index in [0.29, 0.717) is 5.92 Å². The van der Waals surface area contributed by atoms with Crippen LogP contribution in [0.15, 0.2) is 54.9 Å². The number of H-pyrrole nitrogens is 1. The topological polar surface area (TPSA) is 67.6 Å². The Labute approximate surface area is 139 Å². The van der Waals surface area contributed by atoms with Gasteiger partial charge in [-0.1, -0.05) is 36.4 Å². The lowest BCUT2D eigenvalue weighted by Gasteiger charge is -2.19. The van der Waals surface area contributed by atoms with E-state index in [2.05, 4.69) is 46.4 Å². The van der Waals surface area contributed by atoms with Crippen LogP contribution in [-0.2, 0) is 0 Å². The number of allylic oxidation sites excluding steroid dienone is 3. The third kappa shape index (κ3) is 1.34. The number of aromatic amines is 1. The van der Waals surface area contributed by atoms with Crippen molar-refractivity contribution >= 4 is 16.6 Å². The zero-order valence-corrected chi connectivity index (χ0v) is 13.0. The van der Waals surface area contributed by atoms with E-state index < -0.39 is 0 Å². The van der Waals surface area contributed by atoms with Gasteiger partial charge in [-0.25, -0.2) is 4.98 Å². The Morgan fingerprint density at radius 2 is 2.21 bits per heavy atom. The van der Waals surface area contributed by atoms with Crippen LogP contribution in [-0.4, -0.2) is 15.0 Å². The molecule has 2 aromatic heterocycles. The minimum absolute atomic E-state index is 0.0831. The first kappa shape index (κ1) is 12.7. The Morgan fingerprint density at radius 1 is 1.25 bits per heavy atom. The van der Waals surface area contributed by atoms with Crippen molar-refractivity contribution in [3.05, 3.63) is 66.0 Å². The smallest absolute Gasteiger partial charge is 0.139 e. The third-order valence-electron chi connectivity index (χ3n) is 5.96. The number of nitrogens with zero attached hydrogens (tertiary/aromatic N) is 2. The molecule has 3 aromatic rings. The Bertz CT molecular complexity index is 1040. The molecule has 1 fully saturated rings. The number of nitrogens with two attached hydrogens (primary N) is 1. The summed E-state index contributed by atoms with van der Waals surface area (Å²) in [6.07, 6.45) is 11.5. The fourth-order valence-corrected chi connectivity index (χ4v) is 4.73. The second-order valence-electron chi connectivity index (χ2n) is 7.04. The minimum atomic E-state index is 0.0831. The molecule has 6 rings (SSSR count). The summed E-state index contributed by atoms with van der Waals surface area (Å²) in [5.41, 5.74) is 13.8. The summed E-state index contributed by atoms with van der Waals surface area (Å²) in [7, 11) is 0. The van der Waals surface area contributed by atoms with Gasteiger partial charge in [0.1, 0.15) is 5.82 Å². The molecule has 3 atom stereocenters. The normalized spacial score (nSPS) is 29.1. The van der Waals surface area contributed by atoms with Crippen LogP contribution in [0.4, 0.5) is 0 Å². The van der Waals surface area contributed by atoms with Crippen molar-refractivity contribution in [2.24, 2.45) is 17.1 Å². The zero-order valence-electron chi connectivity index (χ0n) is 13.0. The summed E-state index contributed by atoms with van der Waals surface area (Å²) in [4.78, 5) is 12.4. The highest BCUT2D eigenvalue weighted by Gasteiger charge is 2.64. The molecule has 2 unspecified atom stereocenters. The molecule has 4 nitrogen and oxygen atoms in total. The summed E-state index contributed by atoms with van der Waals surface area (Å²) in [6, 6.07) is 8.44. The zero-order chi connectivity index (χ0) is 15.9. The average molecular weight is 312 g/mol. The van der Waals surface area contributed by atoms with Crippen molar-refractivity contribution < 1.29 is 0 Å². The molecule has 0 radical (unpaired) electrons. The van der Waals surface area contributed by atoms with Gasteiger partial charge in [0.2, 0.25) is 0 Å². The lowest BCUT2D eigenvalue weighted by atomic mass is 9.87. The van der Waals surface area contributed by atoms with Crippen LogP contribution in [0.5, 0.6) is 0 Å². The molecule has 3 aliphatic rings. The van der Waals surface area contributed by atoms with Gasteiger partial charge in [0, 0.05) is 23.2 Å². The second kappa shape index (κ2) is 4.02. The molecular formula is C20H16N4. The highest BCUT2D eigenvalue weighted by molar-refractivity contribution is 5.92. The summed E-state index contributed by atoms with van der Waals surface area (Å²) >= 11 is 0. The first-order chi connectivity index (χ1) is 11.8. The Morgan fingerprint density at radius 3 is 3.12 bits per heavy atom. The van der Waals surface area contributed by atoms with Gasteiger partial charge in [0.25, 0.3) is 0 Å². The van der Waals surface area contributed by atoms with Gasteiger partial charge in [0.15, 0.2) is 0 Å². The predicted octanol–water partition coefficient (Wildman–Crippen LogP) is 3.60. The molecule has 3 N–H and O–H groups in total. The molecule has 0 saturated heterocycles. The maximum Gasteiger partial charge on any atom is 0.139 e. The van der Waals surface area contributed by atoms with Crippen molar-refractivity contribution in [1.29, 1.82) is 0 Å². The largest absolute Gasteiger partial charge is 0.337 e. The molecule has 0 aliphatic heterocycles. The van der Waals surface area contributed by atoms with Crippen LogP contribution < -0.4 is 5.73 Å². The molecule has 3 aliphatic carbocycles. The van der Waals surface area contributed by atoms with E-state index in [-0.39, 0.29) is 11.5 Å². The van der Waals surface area contributed by atoms with Crippen molar-refractivity contribution in [3.63, 3.8) is 0 Å². The van der Waals surface area contributed by atoms with Crippen LogP contribution >= 0.6 is 0 Å². The molecule has 0 bridgehead atoms. The molecule has 116 valence electrons. The molecule has 4 heteroatoms. The molecule has 1 aromatic carbocycles. The minimum Gasteiger partial charge on any atom is -0.337 e. The molecule has 24 heavy (non-hydrogen) atoms. The third-order valence-corrected chi connectivity index (χ3v) is 5.96. The quantitative estimate of drug-likeness (QED) is 0.721. The lowest BCUT2D eigenvalue weighted by molar-refractivity contribution is 0.521. The number of nitrogens with one attached hydrogen (secondary N) is 1. The Hall–Kier alpha value is -2.72. The molecular weight excluding hydrogens is 296 g/mol. The van der Waals surface area contributed by atoms with Crippen LogP contribution in [0, 0.1) is 11.3 Å². The van der Waals surface area contributed by atoms with E-state index >= 15 is 0 Å². The molecule has 0 amide bonds. The molecule has 2 heterocycles.